The molecule has 1 fully saturated rings. The maximum absolute atomic E-state index is 14.2. The van der Waals surface area contributed by atoms with E-state index in [1.54, 1.807) is 42.6 Å². The predicted octanol–water partition coefficient (Wildman–Crippen LogP) is 5.08. The summed E-state index contributed by atoms with van der Waals surface area (Å²) in [5, 5.41) is 27.6. The number of nitrogens with one attached hydrogen (secondary N) is 2. The van der Waals surface area contributed by atoms with Gasteiger partial charge in [-0.2, -0.15) is 5.26 Å². The number of halogens is 1. The van der Waals surface area contributed by atoms with Crippen LogP contribution in [0.25, 0.3) is 6.08 Å². The van der Waals surface area contributed by atoms with E-state index in [-0.39, 0.29) is 33.1 Å². The lowest BCUT2D eigenvalue weighted by atomic mass is 9.74. The molecule has 0 radical (unpaired) electrons. The summed E-state index contributed by atoms with van der Waals surface area (Å²) in [5.74, 6) is 0. The highest BCUT2D eigenvalue weighted by atomic mass is 35.5. The smallest absolute Gasteiger partial charge is 0.317 e. The number of nitro groups is 1. The molecular weight excluding hydrogens is 516 g/mol. The minimum atomic E-state index is -0.375. The van der Waals surface area contributed by atoms with Crippen molar-refractivity contribution in [2.45, 2.75) is 24.8 Å². The number of urea groups is 1. The predicted molar refractivity (Wildman–Crippen MR) is 150 cm³/mol. The number of nitro benzene ring substituents is 1. The number of carbonyl (C=O) groups is 1. The Morgan fingerprint density at radius 2 is 1.97 bits per heavy atom. The number of hydrogen-bond acceptors (Lipinski definition) is 6. The van der Waals surface area contributed by atoms with Crippen molar-refractivity contribution < 1.29 is 9.72 Å². The molecule has 198 valence electrons. The average molecular weight is 544 g/mol. The molecule has 10 heteroatoms. The maximum atomic E-state index is 14.2. The largest absolute Gasteiger partial charge is 0.422 e. The van der Waals surface area contributed by atoms with Gasteiger partial charge < -0.3 is 10.6 Å². The second-order valence-electron chi connectivity index (χ2n) is 10.1. The lowest BCUT2D eigenvalue weighted by molar-refractivity contribution is -0.384. The summed E-state index contributed by atoms with van der Waals surface area (Å²) in [7, 11) is 0. The second kappa shape index (κ2) is 10.9. The molecule has 0 bridgehead atoms. The zero-order valence-electron chi connectivity index (χ0n) is 21.3. The zero-order valence-corrected chi connectivity index (χ0v) is 22.0. The topological polar surface area (TPSA) is 121 Å². The van der Waals surface area contributed by atoms with E-state index in [0.29, 0.717) is 23.8 Å². The Kier molecular flexibility index (Phi) is 7.44. The lowest BCUT2D eigenvalue weighted by Gasteiger charge is -2.36. The summed E-state index contributed by atoms with van der Waals surface area (Å²) in [6.07, 6.45) is 7.08. The van der Waals surface area contributed by atoms with Crippen molar-refractivity contribution in [3.63, 3.8) is 0 Å². The van der Waals surface area contributed by atoms with Crippen LogP contribution in [0.1, 0.15) is 35.1 Å². The Balaban J connectivity index is 1.54. The molecule has 5 rings (SSSR count). The molecule has 3 aromatic rings. The van der Waals surface area contributed by atoms with Crippen LogP contribution in [0.5, 0.6) is 0 Å². The molecule has 0 saturated carbocycles. The number of pyridine rings is 1. The monoisotopic (exact) mass is 543 g/mol. The van der Waals surface area contributed by atoms with E-state index in [1.807, 2.05) is 24.3 Å². The molecule has 2 aliphatic heterocycles. The summed E-state index contributed by atoms with van der Waals surface area (Å²) >= 11 is 6.05. The Bertz CT molecular complexity index is 1480. The average Bonchev–Trinajstić information content (AvgIpc) is 3.21. The first kappa shape index (κ1) is 26.5. The van der Waals surface area contributed by atoms with Gasteiger partial charge in [0.2, 0.25) is 0 Å². The highest BCUT2D eigenvalue weighted by molar-refractivity contribution is 6.29. The fourth-order valence-electron chi connectivity index (χ4n) is 5.80. The number of nitrogens with zero attached hydrogens (tertiary/aromatic N) is 4. The van der Waals surface area contributed by atoms with Crippen LogP contribution < -0.4 is 15.1 Å². The SMILES string of the molecule is N#Cc1ccc(/C=C/C[N+]2(C(=O)NCc3ccnc(Cl)c3)CC3(CCNCC3)c3cc([N+](=O)[O-])ccc32)cc1. The fraction of sp³-hybridized carbons (Fsp3) is 0.276. The minimum Gasteiger partial charge on any atom is -0.317 e. The second-order valence-corrected chi connectivity index (χ2v) is 10.5. The third kappa shape index (κ3) is 5.27. The van der Waals surface area contributed by atoms with Gasteiger partial charge in [0, 0.05) is 36.5 Å². The molecule has 2 aromatic carbocycles. The molecule has 1 atom stereocenters. The molecule has 2 aliphatic rings. The highest BCUT2D eigenvalue weighted by Crippen LogP contribution is 2.51. The van der Waals surface area contributed by atoms with Gasteiger partial charge in [0.1, 0.15) is 23.9 Å². The number of amides is 2. The van der Waals surface area contributed by atoms with E-state index in [1.165, 1.54) is 6.07 Å². The summed E-state index contributed by atoms with van der Waals surface area (Å²) in [6, 6.07) is 17.6. The number of carbonyl (C=O) groups excluding carboxylic acids is 1. The van der Waals surface area contributed by atoms with Gasteiger partial charge in [-0.15, -0.1) is 0 Å². The summed E-state index contributed by atoms with van der Waals surface area (Å²) in [5.41, 5.74) is 3.67. The van der Waals surface area contributed by atoms with Crippen molar-refractivity contribution in [1.29, 1.82) is 5.26 Å². The molecule has 2 amide bonds. The van der Waals surface area contributed by atoms with Gasteiger partial charge >= 0.3 is 6.03 Å². The first-order valence-electron chi connectivity index (χ1n) is 12.8. The van der Waals surface area contributed by atoms with E-state index in [4.69, 9.17) is 16.9 Å². The van der Waals surface area contributed by atoms with Crippen LogP contribution >= 0.6 is 11.6 Å². The summed E-state index contributed by atoms with van der Waals surface area (Å²) in [6.45, 7) is 2.70. The fourth-order valence-corrected chi connectivity index (χ4v) is 6.00. The number of non-ortho nitro benzene ring substituents is 1. The first-order chi connectivity index (χ1) is 18.8. The van der Waals surface area contributed by atoms with Crippen LogP contribution in [0.15, 0.2) is 66.9 Å². The van der Waals surface area contributed by atoms with Crippen molar-refractivity contribution in [3.8, 4) is 6.07 Å². The van der Waals surface area contributed by atoms with Crippen LogP contribution in [0.3, 0.4) is 0 Å². The number of rotatable bonds is 6. The number of aromatic nitrogens is 1. The lowest BCUT2D eigenvalue weighted by Crippen LogP contribution is -2.60. The Morgan fingerprint density at radius 3 is 2.67 bits per heavy atom. The molecule has 1 spiro atoms. The number of quaternary nitrogens is 1. The van der Waals surface area contributed by atoms with Gasteiger partial charge in [-0.25, -0.2) is 14.3 Å². The third-order valence-corrected chi connectivity index (χ3v) is 7.95. The zero-order chi connectivity index (χ0) is 27.5. The minimum absolute atomic E-state index is 0.00107. The highest BCUT2D eigenvalue weighted by Gasteiger charge is 2.57. The van der Waals surface area contributed by atoms with Crippen molar-refractivity contribution in [2.75, 3.05) is 26.2 Å². The third-order valence-electron chi connectivity index (χ3n) is 7.75. The number of piperidine rings is 1. The van der Waals surface area contributed by atoms with Gasteiger partial charge in [0.25, 0.3) is 5.69 Å². The summed E-state index contributed by atoms with van der Waals surface area (Å²) < 4.78 is -0.00107. The quantitative estimate of drug-likeness (QED) is 0.193. The number of hydrogen-bond donors (Lipinski definition) is 2. The molecule has 1 aromatic heterocycles. The van der Waals surface area contributed by atoms with Crippen molar-refractivity contribution >= 4 is 35.1 Å². The number of fused-ring (bicyclic) bond motifs is 2. The van der Waals surface area contributed by atoms with E-state index >= 15 is 0 Å². The Hall–Kier alpha value is -4.10. The standard InChI is InChI=1S/C29H27ClN6O3/c30-27-16-23(9-12-33-27)19-34-28(37)36(15-1-2-21-3-5-22(18-31)6-4-21)20-29(10-13-32-14-11-29)25-17-24(35(38)39)7-8-26(25)36/h1-9,12,16-17,32H,10-11,13-15,19-20H2/p+1/b2-1+. The molecule has 3 heterocycles. The maximum Gasteiger partial charge on any atom is 0.422 e. The molecule has 2 N–H and O–H groups in total. The number of nitriles is 1. The molecule has 9 nitrogen and oxygen atoms in total. The van der Waals surface area contributed by atoms with E-state index < -0.39 is 0 Å². The number of benzene rings is 2. The molecular formula is C29H28ClN6O3+. The van der Waals surface area contributed by atoms with E-state index in [0.717, 1.165) is 48.3 Å². The van der Waals surface area contributed by atoms with Gasteiger partial charge in [0.05, 0.1) is 22.0 Å². The van der Waals surface area contributed by atoms with Gasteiger partial charge in [-0.3, -0.25) is 10.1 Å². The van der Waals surface area contributed by atoms with Gasteiger partial charge in [0.15, 0.2) is 0 Å². The molecule has 1 unspecified atom stereocenters. The van der Waals surface area contributed by atoms with Crippen LogP contribution in [-0.4, -0.2) is 42.1 Å². The normalized spacial score (nSPS) is 19.5. The van der Waals surface area contributed by atoms with Gasteiger partial charge in [-0.05, 0) is 67.4 Å². The van der Waals surface area contributed by atoms with E-state index in [2.05, 4.69) is 21.7 Å². The Labute approximate surface area is 231 Å². The van der Waals surface area contributed by atoms with Crippen LogP contribution in [-0.2, 0) is 12.0 Å². The van der Waals surface area contributed by atoms with Crippen LogP contribution in [0, 0.1) is 21.4 Å². The summed E-state index contributed by atoms with van der Waals surface area (Å²) in [4.78, 5) is 29.5. The van der Waals surface area contributed by atoms with Crippen LogP contribution in [0.4, 0.5) is 16.2 Å². The van der Waals surface area contributed by atoms with E-state index in [9.17, 15) is 14.9 Å². The van der Waals surface area contributed by atoms with Crippen molar-refractivity contribution in [1.82, 2.24) is 20.1 Å². The van der Waals surface area contributed by atoms with Crippen LogP contribution in [0.2, 0.25) is 5.15 Å². The van der Waals surface area contributed by atoms with Crippen molar-refractivity contribution in [3.05, 3.63) is 104 Å². The first-order valence-corrected chi connectivity index (χ1v) is 13.2. The van der Waals surface area contributed by atoms with Gasteiger partial charge in [-0.1, -0.05) is 29.8 Å². The van der Waals surface area contributed by atoms with Crippen molar-refractivity contribution in [2.24, 2.45) is 0 Å². The molecule has 0 aliphatic carbocycles. The molecule has 1 saturated heterocycles. The Morgan fingerprint density at radius 1 is 1.21 bits per heavy atom. The molecule has 39 heavy (non-hydrogen) atoms.